The molecule has 1 aromatic heterocycles. The van der Waals surface area contributed by atoms with Gasteiger partial charge in [-0.05, 0) is 42.8 Å². The fraction of sp³-hybridized carbons (Fsp3) is 0.200. The van der Waals surface area contributed by atoms with Gasteiger partial charge in [-0.3, -0.25) is 0 Å². The lowest BCUT2D eigenvalue weighted by atomic mass is 10.0. The summed E-state index contributed by atoms with van der Waals surface area (Å²) in [5, 5.41) is 0.788. The Bertz CT molecular complexity index is 856. The summed E-state index contributed by atoms with van der Waals surface area (Å²) < 4.78 is 10.5. The van der Waals surface area contributed by atoms with Gasteiger partial charge in [0.15, 0.2) is 0 Å². The molecular weight excluding hydrogens is 302 g/mol. The van der Waals surface area contributed by atoms with Crippen LogP contribution in [0.5, 0.6) is 5.75 Å². The summed E-state index contributed by atoms with van der Waals surface area (Å²) in [5.41, 5.74) is 2.94. The molecule has 0 spiro atoms. The molecule has 24 heavy (non-hydrogen) atoms. The first-order valence-corrected chi connectivity index (χ1v) is 7.94. The van der Waals surface area contributed by atoms with Crippen molar-refractivity contribution >= 4 is 16.9 Å². The monoisotopic (exact) mass is 321 g/mol. The fourth-order valence-corrected chi connectivity index (χ4v) is 2.54. The summed E-state index contributed by atoms with van der Waals surface area (Å²) in [6.07, 6.45) is 0.969. The quantitative estimate of drug-likeness (QED) is 0.650. The van der Waals surface area contributed by atoms with E-state index in [-0.39, 0.29) is 5.97 Å². The van der Waals surface area contributed by atoms with Crippen LogP contribution >= 0.6 is 0 Å². The minimum atomic E-state index is -0.363. The molecule has 0 aliphatic carbocycles. The second-order valence-corrected chi connectivity index (χ2v) is 5.44. The molecule has 0 saturated carbocycles. The van der Waals surface area contributed by atoms with Crippen molar-refractivity contribution in [3.8, 4) is 17.0 Å². The third-order valence-electron chi connectivity index (χ3n) is 3.74. The van der Waals surface area contributed by atoms with Gasteiger partial charge in [0.1, 0.15) is 5.75 Å². The van der Waals surface area contributed by atoms with Crippen LogP contribution in [0, 0.1) is 0 Å². The van der Waals surface area contributed by atoms with Crippen molar-refractivity contribution in [2.45, 2.75) is 13.3 Å². The van der Waals surface area contributed by atoms with Gasteiger partial charge in [0, 0.05) is 10.9 Å². The molecule has 0 atom stereocenters. The molecule has 0 aliphatic heterocycles. The summed E-state index contributed by atoms with van der Waals surface area (Å²) in [6, 6.07) is 17.1. The van der Waals surface area contributed by atoms with E-state index in [1.165, 1.54) is 7.11 Å². The second-order valence-electron chi connectivity index (χ2n) is 5.44. The molecular formula is C20H19NO3. The van der Waals surface area contributed by atoms with E-state index in [2.05, 4.69) is 11.9 Å². The van der Waals surface area contributed by atoms with Gasteiger partial charge in [-0.2, -0.15) is 0 Å². The number of nitrogens with zero attached hydrogens (tertiary/aromatic N) is 1. The average molecular weight is 321 g/mol. The van der Waals surface area contributed by atoms with Gasteiger partial charge in [0.25, 0.3) is 0 Å². The summed E-state index contributed by atoms with van der Waals surface area (Å²) in [5.74, 6) is 0.465. The van der Waals surface area contributed by atoms with E-state index in [1.54, 1.807) is 6.07 Å². The molecule has 0 bridgehead atoms. The third-order valence-corrected chi connectivity index (χ3v) is 3.74. The van der Waals surface area contributed by atoms with Gasteiger partial charge < -0.3 is 9.47 Å². The molecule has 3 aromatic rings. The lowest BCUT2D eigenvalue weighted by molar-refractivity contribution is 0.0603. The van der Waals surface area contributed by atoms with Crippen LogP contribution in [0.25, 0.3) is 22.2 Å². The van der Waals surface area contributed by atoms with Crippen molar-refractivity contribution in [2.75, 3.05) is 13.7 Å². The number of hydrogen-bond acceptors (Lipinski definition) is 4. The summed E-state index contributed by atoms with van der Waals surface area (Å²) >= 11 is 0. The van der Waals surface area contributed by atoms with Crippen LogP contribution in [0.15, 0.2) is 54.6 Å². The van der Waals surface area contributed by atoms with Crippen LogP contribution in [0.1, 0.15) is 23.7 Å². The number of fused-ring (bicyclic) bond motifs is 1. The zero-order valence-corrected chi connectivity index (χ0v) is 13.8. The number of rotatable bonds is 5. The number of benzene rings is 2. The summed E-state index contributed by atoms with van der Waals surface area (Å²) in [4.78, 5) is 16.8. The first kappa shape index (κ1) is 16.0. The van der Waals surface area contributed by atoms with Crippen LogP contribution in [-0.4, -0.2) is 24.7 Å². The molecule has 3 rings (SSSR count). The minimum Gasteiger partial charge on any atom is -0.494 e. The molecule has 0 N–H and O–H groups in total. The molecule has 0 fully saturated rings. The number of methoxy groups -OCH3 is 1. The maximum atomic E-state index is 12.1. The first-order valence-electron chi connectivity index (χ1n) is 7.94. The number of esters is 1. The highest BCUT2D eigenvalue weighted by Gasteiger charge is 2.14. The Morgan fingerprint density at radius 2 is 1.83 bits per heavy atom. The van der Waals surface area contributed by atoms with Gasteiger partial charge in [-0.15, -0.1) is 0 Å². The van der Waals surface area contributed by atoms with E-state index in [9.17, 15) is 4.79 Å². The number of ether oxygens (including phenoxy) is 2. The molecule has 1 heterocycles. The Morgan fingerprint density at radius 3 is 2.54 bits per heavy atom. The highest BCUT2D eigenvalue weighted by Crippen LogP contribution is 2.26. The number of pyridine rings is 1. The first-order chi connectivity index (χ1) is 11.7. The molecule has 0 aliphatic rings. The molecule has 2 aromatic carbocycles. The van der Waals surface area contributed by atoms with Gasteiger partial charge >= 0.3 is 5.97 Å². The molecule has 4 nitrogen and oxygen atoms in total. The van der Waals surface area contributed by atoms with Crippen molar-refractivity contribution in [1.82, 2.24) is 4.98 Å². The van der Waals surface area contributed by atoms with Gasteiger partial charge in [0.05, 0.1) is 30.5 Å². The van der Waals surface area contributed by atoms with Gasteiger partial charge in [0.2, 0.25) is 0 Å². The summed E-state index contributed by atoms with van der Waals surface area (Å²) in [7, 11) is 1.39. The Kier molecular flexibility index (Phi) is 4.75. The van der Waals surface area contributed by atoms with Crippen molar-refractivity contribution in [1.29, 1.82) is 0 Å². The van der Waals surface area contributed by atoms with Crippen LogP contribution in [0.2, 0.25) is 0 Å². The number of aromatic nitrogens is 1. The third kappa shape index (κ3) is 3.23. The Hall–Kier alpha value is -2.88. The van der Waals surface area contributed by atoms with Crippen molar-refractivity contribution < 1.29 is 14.3 Å². The Morgan fingerprint density at radius 1 is 1.08 bits per heavy atom. The maximum absolute atomic E-state index is 12.1. The van der Waals surface area contributed by atoms with Crippen molar-refractivity contribution in [3.05, 3.63) is 60.2 Å². The highest BCUT2D eigenvalue weighted by molar-refractivity contribution is 6.04. The Balaban J connectivity index is 2.04. The van der Waals surface area contributed by atoms with Crippen molar-refractivity contribution in [2.24, 2.45) is 0 Å². The van der Waals surface area contributed by atoms with Crippen LogP contribution < -0.4 is 4.74 Å². The second kappa shape index (κ2) is 7.13. The number of para-hydroxylation sites is 1. The van der Waals surface area contributed by atoms with E-state index in [1.807, 2.05) is 48.5 Å². The van der Waals surface area contributed by atoms with Crippen LogP contribution in [-0.2, 0) is 4.74 Å². The zero-order valence-electron chi connectivity index (χ0n) is 13.8. The van der Waals surface area contributed by atoms with E-state index in [4.69, 9.17) is 9.47 Å². The maximum Gasteiger partial charge on any atom is 0.338 e. The van der Waals surface area contributed by atoms with Crippen LogP contribution in [0.3, 0.4) is 0 Å². The largest absolute Gasteiger partial charge is 0.494 e. The van der Waals surface area contributed by atoms with Gasteiger partial charge in [-0.1, -0.05) is 25.1 Å². The van der Waals surface area contributed by atoms with E-state index < -0.39 is 0 Å². The number of carbonyl (C=O) groups excluding carboxylic acids is 1. The van der Waals surface area contributed by atoms with Gasteiger partial charge in [-0.25, -0.2) is 9.78 Å². The number of hydrogen-bond donors (Lipinski definition) is 0. The van der Waals surface area contributed by atoms with E-state index in [0.717, 1.165) is 34.3 Å². The SMILES string of the molecule is CCCOc1ccc(-c2cc(C(=O)OC)c3ccccc3n2)cc1. The zero-order chi connectivity index (χ0) is 16.9. The molecule has 4 heteroatoms. The topological polar surface area (TPSA) is 48.4 Å². The average Bonchev–Trinajstić information content (AvgIpc) is 2.65. The van der Waals surface area contributed by atoms with E-state index in [0.29, 0.717) is 12.2 Å². The predicted octanol–water partition coefficient (Wildman–Crippen LogP) is 4.48. The highest BCUT2D eigenvalue weighted by atomic mass is 16.5. The predicted molar refractivity (Wildman–Crippen MR) is 94.3 cm³/mol. The molecule has 0 radical (unpaired) electrons. The van der Waals surface area contributed by atoms with E-state index >= 15 is 0 Å². The van der Waals surface area contributed by atoms with Crippen molar-refractivity contribution in [3.63, 3.8) is 0 Å². The summed E-state index contributed by atoms with van der Waals surface area (Å²) in [6.45, 7) is 2.77. The minimum absolute atomic E-state index is 0.363. The van der Waals surface area contributed by atoms with Crippen LogP contribution in [0.4, 0.5) is 0 Å². The lowest BCUT2D eigenvalue weighted by Gasteiger charge is -2.09. The standard InChI is InChI=1S/C20H19NO3/c1-3-12-24-15-10-8-14(9-11-15)19-13-17(20(22)23-2)16-6-4-5-7-18(16)21-19/h4-11,13H,3,12H2,1-2H3. The number of carbonyl (C=O) groups is 1. The fourth-order valence-electron chi connectivity index (χ4n) is 2.54. The molecule has 0 unspecified atom stereocenters. The molecule has 0 saturated heterocycles. The molecule has 122 valence electrons. The smallest absolute Gasteiger partial charge is 0.338 e. The molecule has 0 amide bonds. The Labute approximate surface area is 141 Å². The normalized spacial score (nSPS) is 10.6. The lowest BCUT2D eigenvalue weighted by Crippen LogP contribution is -2.03.